The Kier molecular flexibility index (Phi) is 35.7. The number of hydrogen-bond acceptors (Lipinski definition) is 17. The van der Waals surface area contributed by atoms with Crippen LogP contribution in [0.3, 0.4) is 0 Å². The van der Waals surface area contributed by atoms with Crippen LogP contribution in [0.4, 0.5) is 0 Å². The molecule has 0 bridgehead atoms. The quantitative estimate of drug-likeness (QED) is 0.0590. The molecule has 735 valence electrons. The van der Waals surface area contributed by atoms with Crippen molar-refractivity contribution in [1.29, 1.82) is 0 Å². The second kappa shape index (κ2) is 45.9. The van der Waals surface area contributed by atoms with Crippen LogP contribution in [0.15, 0.2) is 291 Å². The maximum atomic E-state index is 11.5. The van der Waals surface area contributed by atoms with Gasteiger partial charge < -0.3 is 15.3 Å². The van der Waals surface area contributed by atoms with Gasteiger partial charge in [-0.05, 0) is 145 Å². The number of aliphatic hydroxyl groups is 3. The van der Waals surface area contributed by atoms with Gasteiger partial charge in [-0.1, -0.05) is 328 Å². The third-order valence-corrected chi connectivity index (χ3v) is 28.2. The van der Waals surface area contributed by atoms with Gasteiger partial charge in [0, 0.05) is 172 Å². The number of fused-ring (bicyclic) bond motifs is 13. The summed E-state index contributed by atoms with van der Waals surface area (Å²) in [5, 5.41) is 42.0. The van der Waals surface area contributed by atoms with Gasteiger partial charge in [0.2, 0.25) is 0 Å². The number of nitrogens with zero attached hydrogens (tertiary/aromatic N) is 8. The van der Waals surface area contributed by atoms with Crippen LogP contribution in [0.2, 0.25) is 0 Å². The van der Waals surface area contributed by atoms with E-state index in [2.05, 4.69) is 261 Å². The molecule has 142 heavy (non-hydrogen) atoms. The van der Waals surface area contributed by atoms with Crippen LogP contribution < -0.4 is 0 Å². The van der Waals surface area contributed by atoms with E-state index < -0.39 is 16.2 Å². The van der Waals surface area contributed by atoms with E-state index in [0.717, 1.165) is 94.4 Å². The molecule has 19 aromatic rings. The van der Waals surface area contributed by atoms with Crippen molar-refractivity contribution in [2.75, 3.05) is 0 Å². The fourth-order valence-electron chi connectivity index (χ4n) is 15.7. The van der Waals surface area contributed by atoms with Gasteiger partial charge in [-0.25, -0.2) is 15.0 Å². The van der Waals surface area contributed by atoms with Crippen molar-refractivity contribution in [2.24, 2.45) is 32.5 Å². The van der Waals surface area contributed by atoms with E-state index in [9.17, 15) is 29.7 Å². The number of allylic oxidation sites excluding steroid dienone is 6. The van der Waals surface area contributed by atoms with Crippen molar-refractivity contribution in [3.8, 4) is 67.3 Å². The van der Waals surface area contributed by atoms with E-state index in [4.69, 9.17) is 15.0 Å². The molecule has 14 nitrogen and oxygen atoms in total. The zero-order chi connectivity index (χ0) is 100. The number of aromatic nitrogens is 8. The Balaban J connectivity index is 0.000000171. The van der Waals surface area contributed by atoms with Gasteiger partial charge in [-0.3, -0.25) is 39.3 Å². The van der Waals surface area contributed by atoms with Crippen LogP contribution in [0.25, 0.3) is 171 Å². The molecule has 0 fully saturated rings. The van der Waals surface area contributed by atoms with Gasteiger partial charge in [0.1, 0.15) is 36.3 Å². The Bertz CT molecular complexity index is 7540. The number of carbonyl (C=O) groups excluding carboxylic acids is 3. The Labute approximate surface area is 887 Å². The number of benzene rings is 11. The number of rotatable bonds is 12. The van der Waals surface area contributed by atoms with Crippen molar-refractivity contribution in [3.05, 3.63) is 326 Å². The fraction of sp³-hybridized carbons (Fsp3) is 0.270. The minimum atomic E-state index is -0.417. The summed E-state index contributed by atoms with van der Waals surface area (Å²) in [7, 11) is 0. The standard InChI is InChI=1S/C33H23N2S.2C28H20N3S.3C11H20O2.3Ir/c1-20(2)23-11-6-13-26-27-14-7-15-29(33(27)36-32(23)26)31-28-17-16-22(18-30(28)34-19-35-31)25-12-5-9-21-8-3-4-10-24(21)25;1-17(2)20-7-3-8-21-22-9-4-10-24(28(22)32-27(20)21)26-23-12-11-18(14-25(23)30-16-31-26)19-6-5-13-29-15-19;1-17(2)19-7-5-8-20-21-9-6-10-23(28(21)32-27(19)20)26-22-13-12-18(15-25(22)30-16-31-26)24-11-3-4-14-29-24;3*1-10(2,3)8(12)7-9(13)11(4,5)6;;;/h3-14,16-20H,1-2H3;2*3-9,11-17H,1-2H3;3*7,12H,1-6H3;;;/q3*-1;;;;;;. The zero-order valence-electron chi connectivity index (χ0n) is 85.1. The Morgan fingerprint density at radius 2 is 0.634 bits per heavy atom. The van der Waals surface area contributed by atoms with Crippen molar-refractivity contribution < 1.29 is 90.0 Å². The number of ketones is 3. The van der Waals surface area contributed by atoms with Gasteiger partial charge in [-0.2, -0.15) is 34.0 Å². The molecule has 0 saturated heterocycles. The summed E-state index contributed by atoms with van der Waals surface area (Å²) in [6.45, 7) is 46.9. The molecule has 3 N–H and O–H groups in total. The molecule has 0 atom stereocenters. The number of thiophene rings is 3. The Hall–Kier alpha value is -11.8. The van der Waals surface area contributed by atoms with Gasteiger partial charge >= 0.3 is 0 Å². The molecule has 8 aromatic heterocycles. The first kappa shape index (κ1) is 111. The largest absolute Gasteiger partial charge is 0.512 e. The Morgan fingerprint density at radius 3 is 0.986 bits per heavy atom. The number of aliphatic hydroxyl groups excluding tert-OH is 3. The summed E-state index contributed by atoms with van der Waals surface area (Å²) in [6.07, 6.45) is 14.5. The molecule has 0 aliphatic heterocycles. The molecule has 0 aliphatic rings. The van der Waals surface area contributed by atoms with E-state index >= 15 is 0 Å². The molecule has 11 aromatic carbocycles. The SMILES string of the molecule is CC(C)(C)C(=O)C=C(O)C(C)(C)C.CC(C)(C)C(=O)C=C(O)C(C)(C)C.CC(C)(C)C(=O)C=C(O)C(C)(C)C.CC(C)c1cccc2c1sc1c(-c3ncnc4cc(-c5cccc6ccccc56)ccc34)[c-]ccc12.CC(C)c1cccc2c1sc1c(-c3ncnc4cc(-c5ccccn5)ccc34)[c-]ccc12.CC(C)c1cccc2c1sc1c(-c3ncnc4cc(-c5cccnc5)ccc34)[c-]ccc12.[Ir].[Ir].[Ir]. The van der Waals surface area contributed by atoms with Crippen LogP contribution in [0, 0.1) is 50.7 Å². The van der Waals surface area contributed by atoms with Crippen LogP contribution >= 0.6 is 34.0 Å². The molecule has 19 rings (SSSR count). The van der Waals surface area contributed by atoms with Crippen molar-refractivity contribution >= 4 is 155 Å². The molecule has 0 aliphatic carbocycles. The summed E-state index contributed by atoms with van der Waals surface area (Å²) >= 11 is 5.55. The number of carbonyl (C=O) groups is 3. The van der Waals surface area contributed by atoms with Gasteiger partial charge in [0.15, 0.2) is 17.3 Å². The molecule has 3 radical (unpaired) electrons. The molecule has 0 amide bonds. The second-order valence-electron chi connectivity index (χ2n) is 42.3. The normalized spacial score (nSPS) is 12.3. The summed E-state index contributed by atoms with van der Waals surface area (Å²) in [5.74, 6) is 1.74. The molecule has 0 spiro atoms. The van der Waals surface area contributed by atoms with Crippen LogP contribution in [0.5, 0.6) is 0 Å². The zero-order valence-corrected chi connectivity index (χ0v) is 94.7. The van der Waals surface area contributed by atoms with Crippen molar-refractivity contribution in [3.63, 3.8) is 0 Å². The van der Waals surface area contributed by atoms with Crippen molar-refractivity contribution in [1.82, 2.24) is 39.9 Å². The number of pyridine rings is 2. The van der Waals surface area contributed by atoms with Gasteiger partial charge in [-0.15, -0.1) is 71.3 Å². The van der Waals surface area contributed by atoms with Gasteiger partial charge in [0.25, 0.3) is 0 Å². The summed E-state index contributed by atoms with van der Waals surface area (Å²) in [6, 6.07) is 87.1. The summed E-state index contributed by atoms with van der Waals surface area (Å²) < 4.78 is 7.76. The summed E-state index contributed by atoms with van der Waals surface area (Å²) in [4.78, 5) is 71.2. The first-order chi connectivity index (χ1) is 65.7. The average molecular weight is 2470 g/mol. The van der Waals surface area contributed by atoms with Crippen LogP contribution in [0.1, 0.15) is 201 Å². The van der Waals surface area contributed by atoms with E-state index in [0.29, 0.717) is 17.8 Å². The Morgan fingerprint density at radius 1 is 0.303 bits per heavy atom. The maximum absolute atomic E-state index is 11.5. The second-order valence-corrected chi connectivity index (χ2v) is 45.3. The average Bonchev–Trinajstić information content (AvgIpc) is 1.63. The molecule has 0 unspecified atom stereocenters. The predicted molar refractivity (Wildman–Crippen MR) is 586 cm³/mol. The molecular weight excluding hydrogens is 2350 g/mol. The van der Waals surface area contributed by atoms with E-state index in [1.165, 1.54) is 112 Å². The number of hydrogen-bond donors (Lipinski definition) is 3. The van der Waals surface area contributed by atoms with Crippen LogP contribution in [-0.2, 0) is 74.7 Å². The maximum Gasteiger partial charge on any atom is 0.164 e. The molecule has 0 saturated carbocycles. The first-order valence-electron chi connectivity index (χ1n) is 47.2. The van der Waals surface area contributed by atoms with Crippen LogP contribution in [-0.4, -0.2) is 72.5 Å². The van der Waals surface area contributed by atoms with E-state index in [1.54, 1.807) is 25.2 Å². The molecular formula is C122H123Ir3N8O6S3-3. The monoisotopic (exact) mass is 2470 g/mol. The topological polar surface area (TPSA) is 215 Å². The first-order valence-corrected chi connectivity index (χ1v) is 49.7. The minimum Gasteiger partial charge on any atom is -0.512 e. The fourth-order valence-corrected chi connectivity index (χ4v) is 20.1. The third-order valence-electron chi connectivity index (χ3n) is 24.3. The third kappa shape index (κ3) is 25.3. The van der Waals surface area contributed by atoms with E-state index in [1.807, 2.05) is 213 Å². The molecule has 8 heterocycles. The molecule has 20 heteroatoms. The predicted octanol–water partition coefficient (Wildman–Crippen LogP) is 34.0. The van der Waals surface area contributed by atoms with Gasteiger partial charge in [0.05, 0.1) is 22.2 Å². The smallest absolute Gasteiger partial charge is 0.164 e. The summed E-state index contributed by atoms with van der Waals surface area (Å²) in [5.41, 5.74) is 17.1. The van der Waals surface area contributed by atoms with Crippen molar-refractivity contribution in [2.45, 2.75) is 184 Å². The van der Waals surface area contributed by atoms with E-state index in [-0.39, 0.29) is 111 Å². The minimum absolute atomic E-state index is 0.